The normalized spacial score (nSPS) is 34.5. The largest absolute Gasteiger partial charge is 0.378 e. The van der Waals surface area contributed by atoms with Crippen molar-refractivity contribution in [2.45, 2.75) is 52.2 Å². The van der Waals surface area contributed by atoms with E-state index in [4.69, 9.17) is 10.5 Å². The van der Waals surface area contributed by atoms with Crippen LogP contribution in [0.2, 0.25) is 0 Å². The van der Waals surface area contributed by atoms with Gasteiger partial charge >= 0.3 is 0 Å². The fourth-order valence-electron chi connectivity index (χ4n) is 2.69. The summed E-state index contributed by atoms with van der Waals surface area (Å²) in [6, 6.07) is 0.605. The molecule has 3 nitrogen and oxygen atoms in total. The Hall–Kier alpha value is -0.120. The van der Waals surface area contributed by atoms with Gasteiger partial charge in [-0.25, -0.2) is 0 Å². The molecule has 2 atom stereocenters. The third-order valence-corrected chi connectivity index (χ3v) is 4.66. The van der Waals surface area contributed by atoms with Crippen molar-refractivity contribution in [3.8, 4) is 0 Å². The van der Waals surface area contributed by atoms with Gasteiger partial charge in [0, 0.05) is 24.6 Å². The van der Waals surface area contributed by atoms with Crippen molar-refractivity contribution < 1.29 is 4.74 Å². The molecule has 0 amide bonds. The summed E-state index contributed by atoms with van der Waals surface area (Å²) < 4.78 is 5.73. The maximum absolute atomic E-state index is 5.79. The van der Waals surface area contributed by atoms with Crippen molar-refractivity contribution in [2.24, 2.45) is 16.6 Å². The second-order valence-corrected chi connectivity index (χ2v) is 6.14. The molecule has 0 aromatic heterocycles. The van der Waals surface area contributed by atoms with Crippen LogP contribution in [0.5, 0.6) is 0 Å². The highest BCUT2D eigenvalue weighted by molar-refractivity contribution is 5.05. The molecule has 0 saturated heterocycles. The van der Waals surface area contributed by atoms with Crippen LogP contribution in [0.1, 0.15) is 40.0 Å². The Bertz CT molecular complexity index is 248. The monoisotopic (exact) mass is 226 g/mol. The van der Waals surface area contributed by atoms with E-state index in [1.165, 1.54) is 12.8 Å². The molecule has 0 heterocycles. The summed E-state index contributed by atoms with van der Waals surface area (Å²) in [5, 5.41) is 3.69. The molecule has 2 rings (SSSR count). The zero-order valence-electron chi connectivity index (χ0n) is 10.9. The smallest absolute Gasteiger partial charge is 0.0655 e. The van der Waals surface area contributed by atoms with Crippen molar-refractivity contribution in [1.29, 1.82) is 0 Å². The predicted octanol–water partition coefficient (Wildman–Crippen LogP) is 1.52. The molecule has 94 valence electrons. The van der Waals surface area contributed by atoms with E-state index in [0.29, 0.717) is 17.6 Å². The van der Waals surface area contributed by atoms with Gasteiger partial charge in [0.1, 0.15) is 0 Å². The second kappa shape index (κ2) is 4.28. The molecule has 2 unspecified atom stereocenters. The molecule has 16 heavy (non-hydrogen) atoms. The molecule has 3 N–H and O–H groups in total. The van der Waals surface area contributed by atoms with E-state index < -0.39 is 0 Å². The Labute approximate surface area is 99.1 Å². The molecule has 0 aliphatic heterocycles. The lowest BCUT2D eigenvalue weighted by Crippen LogP contribution is -2.61. The quantitative estimate of drug-likeness (QED) is 0.722. The fraction of sp³-hybridized carbons (Fsp3) is 1.00. The first-order valence-corrected chi connectivity index (χ1v) is 6.59. The number of hydrogen-bond donors (Lipinski definition) is 2. The number of rotatable bonds is 6. The third-order valence-electron chi connectivity index (χ3n) is 4.66. The van der Waals surface area contributed by atoms with Crippen molar-refractivity contribution in [1.82, 2.24) is 5.32 Å². The van der Waals surface area contributed by atoms with Gasteiger partial charge in [-0.05, 0) is 38.1 Å². The van der Waals surface area contributed by atoms with E-state index in [1.807, 2.05) is 0 Å². The van der Waals surface area contributed by atoms with Crippen molar-refractivity contribution >= 4 is 0 Å². The number of hydrogen-bond acceptors (Lipinski definition) is 3. The maximum Gasteiger partial charge on any atom is 0.0655 e. The Morgan fingerprint density at radius 2 is 2.06 bits per heavy atom. The summed E-state index contributed by atoms with van der Waals surface area (Å²) in [6.07, 6.45) is 4.20. The van der Waals surface area contributed by atoms with Gasteiger partial charge in [-0.15, -0.1) is 0 Å². The Morgan fingerprint density at radius 3 is 2.50 bits per heavy atom. The molecule has 0 spiro atoms. The van der Waals surface area contributed by atoms with E-state index in [-0.39, 0.29) is 5.41 Å². The van der Waals surface area contributed by atoms with Crippen molar-refractivity contribution in [3.05, 3.63) is 0 Å². The SMILES string of the molecule is CCOC1CC(NCC2(CN)CC2)C1(C)C. The summed E-state index contributed by atoms with van der Waals surface area (Å²) >= 11 is 0. The molecule has 0 aromatic rings. The van der Waals surface area contributed by atoms with Crippen molar-refractivity contribution in [3.63, 3.8) is 0 Å². The van der Waals surface area contributed by atoms with Gasteiger partial charge in [-0.1, -0.05) is 13.8 Å². The summed E-state index contributed by atoms with van der Waals surface area (Å²) in [6.45, 7) is 9.43. The number of nitrogens with two attached hydrogens (primary N) is 1. The number of ether oxygens (including phenoxy) is 1. The van der Waals surface area contributed by atoms with Crippen LogP contribution in [-0.4, -0.2) is 31.8 Å². The van der Waals surface area contributed by atoms with Gasteiger partial charge in [-0.3, -0.25) is 0 Å². The standard InChI is InChI=1S/C13H26N2O/c1-4-16-11-7-10(12(11,2)3)15-9-13(8-14)5-6-13/h10-11,15H,4-9,14H2,1-3H3. The van der Waals surface area contributed by atoms with Gasteiger partial charge in [-0.2, -0.15) is 0 Å². The van der Waals surface area contributed by atoms with Gasteiger partial charge in [0.25, 0.3) is 0 Å². The van der Waals surface area contributed by atoms with Crippen LogP contribution in [-0.2, 0) is 4.74 Å². The lowest BCUT2D eigenvalue weighted by Gasteiger charge is -2.52. The van der Waals surface area contributed by atoms with Crippen LogP contribution >= 0.6 is 0 Å². The number of nitrogens with one attached hydrogen (secondary N) is 1. The summed E-state index contributed by atoms with van der Waals surface area (Å²) in [7, 11) is 0. The van der Waals surface area contributed by atoms with E-state index in [1.54, 1.807) is 0 Å². The average Bonchev–Trinajstić information content (AvgIpc) is 3.03. The Balaban J connectivity index is 1.76. The van der Waals surface area contributed by atoms with Gasteiger partial charge < -0.3 is 15.8 Å². The highest BCUT2D eigenvalue weighted by Gasteiger charge is 2.50. The van der Waals surface area contributed by atoms with Crippen LogP contribution in [0, 0.1) is 10.8 Å². The first kappa shape index (κ1) is 12.3. The van der Waals surface area contributed by atoms with Crippen LogP contribution in [0.15, 0.2) is 0 Å². The van der Waals surface area contributed by atoms with Gasteiger partial charge in [0.2, 0.25) is 0 Å². The summed E-state index contributed by atoms with van der Waals surface area (Å²) in [4.78, 5) is 0. The summed E-state index contributed by atoms with van der Waals surface area (Å²) in [5.74, 6) is 0. The lowest BCUT2D eigenvalue weighted by atomic mass is 9.64. The highest BCUT2D eigenvalue weighted by Crippen LogP contribution is 2.46. The molecule has 2 aliphatic rings. The van der Waals surface area contributed by atoms with E-state index in [9.17, 15) is 0 Å². The molecular formula is C13H26N2O. The lowest BCUT2D eigenvalue weighted by molar-refractivity contribution is -0.114. The van der Waals surface area contributed by atoms with E-state index in [0.717, 1.165) is 26.1 Å². The minimum absolute atomic E-state index is 0.278. The van der Waals surface area contributed by atoms with Crippen molar-refractivity contribution in [2.75, 3.05) is 19.7 Å². The minimum Gasteiger partial charge on any atom is -0.378 e. The second-order valence-electron chi connectivity index (χ2n) is 6.14. The zero-order chi connectivity index (χ0) is 11.8. The molecule has 0 radical (unpaired) electrons. The third kappa shape index (κ3) is 2.13. The topological polar surface area (TPSA) is 47.3 Å². The molecule has 2 aliphatic carbocycles. The Kier molecular flexibility index (Phi) is 3.30. The zero-order valence-corrected chi connectivity index (χ0v) is 10.9. The highest BCUT2D eigenvalue weighted by atomic mass is 16.5. The van der Waals surface area contributed by atoms with Gasteiger partial charge in [0.15, 0.2) is 0 Å². The maximum atomic E-state index is 5.79. The minimum atomic E-state index is 0.278. The van der Waals surface area contributed by atoms with E-state index >= 15 is 0 Å². The molecule has 3 heteroatoms. The fourth-order valence-corrected chi connectivity index (χ4v) is 2.69. The predicted molar refractivity (Wildman–Crippen MR) is 66.3 cm³/mol. The molecule has 2 fully saturated rings. The van der Waals surface area contributed by atoms with Crippen LogP contribution < -0.4 is 11.1 Å². The van der Waals surface area contributed by atoms with Gasteiger partial charge in [0.05, 0.1) is 6.10 Å². The average molecular weight is 226 g/mol. The molecule has 2 saturated carbocycles. The molecular weight excluding hydrogens is 200 g/mol. The summed E-state index contributed by atoms with van der Waals surface area (Å²) in [5.41, 5.74) is 6.51. The Morgan fingerprint density at radius 1 is 1.38 bits per heavy atom. The molecule has 0 aromatic carbocycles. The van der Waals surface area contributed by atoms with Crippen LogP contribution in [0.3, 0.4) is 0 Å². The van der Waals surface area contributed by atoms with Crippen LogP contribution in [0.25, 0.3) is 0 Å². The van der Waals surface area contributed by atoms with E-state index in [2.05, 4.69) is 26.1 Å². The molecule has 0 bridgehead atoms. The van der Waals surface area contributed by atoms with Crippen LogP contribution in [0.4, 0.5) is 0 Å². The first-order chi connectivity index (χ1) is 7.54. The first-order valence-electron chi connectivity index (χ1n) is 6.59.